The number of morpholine rings is 1. The number of carbonyl (C=O) groups is 3. The summed E-state index contributed by atoms with van der Waals surface area (Å²) in [4.78, 5) is 41.7. The van der Waals surface area contributed by atoms with Gasteiger partial charge < -0.3 is 23.8 Å². The van der Waals surface area contributed by atoms with Crippen molar-refractivity contribution in [2.24, 2.45) is 0 Å². The normalized spacial score (nSPS) is 17.7. The van der Waals surface area contributed by atoms with Gasteiger partial charge in [-0.15, -0.1) is 0 Å². The number of thiocarbonyl (C=S) groups is 1. The Morgan fingerprint density at radius 3 is 2.24 bits per heavy atom. The molecule has 0 N–H and O–H groups in total. The summed E-state index contributed by atoms with van der Waals surface area (Å²) < 4.78 is 22.0. The number of amides is 2. The first kappa shape index (κ1) is 27.6. The lowest BCUT2D eigenvalue weighted by Crippen LogP contribution is -2.39. The van der Waals surface area contributed by atoms with Crippen molar-refractivity contribution in [2.75, 3.05) is 52.5 Å². The van der Waals surface area contributed by atoms with Gasteiger partial charge in [0.1, 0.15) is 9.57 Å². The number of hydrogen-bond donors (Lipinski definition) is 0. The van der Waals surface area contributed by atoms with E-state index in [4.69, 9.17) is 31.2 Å². The molecule has 1 atom stereocenters. The predicted molar refractivity (Wildman–Crippen MR) is 149 cm³/mol. The number of ether oxygens (including phenoxy) is 4. The number of hydrogen-bond acceptors (Lipinski definition) is 9. The smallest absolute Gasteiger partial charge is 0.247 e. The van der Waals surface area contributed by atoms with Crippen molar-refractivity contribution < 1.29 is 33.3 Å². The zero-order valence-electron chi connectivity index (χ0n) is 21.3. The van der Waals surface area contributed by atoms with E-state index < -0.39 is 5.25 Å². The van der Waals surface area contributed by atoms with Crippen LogP contribution in [0.25, 0.3) is 6.08 Å². The van der Waals surface area contributed by atoms with Crippen molar-refractivity contribution in [2.45, 2.75) is 11.7 Å². The minimum atomic E-state index is -0.569. The van der Waals surface area contributed by atoms with Gasteiger partial charge >= 0.3 is 0 Å². The zero-order valence-corrected chi connectivity index (χ0v) is 22.9. The topological polar surface area (TPSA) is 94.6 Å². The van der Waals surface area contributed by atoms with Crippen LogP contribution in [0.15, 0.2) is 42.5 Å². The molecule has 9 nitrogen and oxygen atoms in total. The van der Waals surface area contributed by atoms with Crippen LogP contribution in [0.4, 0.5) is 5.69 Å². The minimum absolute atomic E-state index is 0.0756. The summed E-state index contributed by atoms with van der Waals surface area (Å²) in [6.45, 7) is 2.53. The molecule has 2 saturated heterocycles. The Morgan fingerprint density at radius 2 is 1.66 bits per heavy atom. The Balaban J connectivity index is 1.42. The molecule has 11 heteroatoms. The van der Waals surface area contributed by atoms with Crippen molar-refractivity contribution in [3.8, 4) is 17.2 Å². The summed E-state index contributed by atoms with van der Waals surface area (Å²) in [5, 5.41) is -0.569. The molecule has 0 saturated carbocycles. The maximum absolute atomic E-state index is 13.0. The number of imide groups is 1. The molecule has 0 radical (unpaired) electrons. The molecule has 2 fully saturated rings. The predicted octanol–water partition coefficient (Wildman–Crippen LogP) is 3.59. The van der Waals surface area contributed by atoms with Gasteiger partial charge in [0.05, 0.1) is 40.2 Å². The van der Waals surface area contributed by atoms with Gasteiger partial charge in [-0.3, -0.25) is 14.4 Å². The molecule has 2 aromatic carbocycles. The first-order valence-electron chi connectivity index (χ1n) is 11.9. The van der Waals surface area contributed by atoms with Crippen molar-refractivity contribution in [3.05, 3.63) is 53.6 Å². The largest absolute Gasteiger partial charge is 0.493 e. The average molecular weight is 557 g/mol. The SMILES string of the molecule is COc1cc(/C=C/C(=O)c2ccc(N3C(=O)C[C@@H](SC(=S)N4CCOCC4)C3=O)cc2)cc(OC)c1OC. The van der Waals surface area contributed by atoms with E-state index in [9.17, 15) is 14.4 Å². The molecule has 2 heterocycles. The molecule has 2 aliphatic heterocycles. The quantitative estimate of drug-likeness (QED) is 0.208. The summed E-state index contributed by atoms with van der Waals surface area (Å²) in [6.07, 6.45) is 3.15. The van der Waals surface area contributed by atoms with E-state index in [0.29, 0.717) is 64.7 Å². The second-order valence-corrected chi connectivity index (χ2v) is 10.3. The van der Waals surface area contributed by atoms with E-state index >= 15 is 0 Å². The summed E-state index contributed by atoms with van der Waals surface area (Å²) in [6, 6.07) is 9.86. The van der Waals surface area contributed by atoms with Gasteiger partial charge in [-0.2, -0.15) is 0 Å². The second kappa shape index (κ2) is 12.4. The molecule has 4 rings (SSSR count). The monoisotopic (exact) mass is 556 g/mol. The van der Waals surface area contributed by atoms with Crippen molar-refractivity contribution in [1.82, 2.24) is 4.90 Å². The summed E-state index contributed by atoms with van der Waals surface area (Å²) in [7, 11) is 4.56. The highest BCUT2D eigenvalue weighted by Crippen LogP contribution is 2.38. The number of ketones is 1. The standard InChI is InChI=1S/C27H28N2O7S2/c1-33-21-14-17(15-22(34-2)25(21)35-3)4-9-20(30)18-5-7-19(8-6-18)29-24(31)16-23(26(29)32)38-27(37)28-10-12-36-13-11-28/h4-9,14-15,23H,10-13,16H2,1-3H3/b9-4+/t23-/m1/s1. The third kappa shape index (κ3) is 6.01. The number of rotatable bonds is 8. The van der Waals surface area contributed by atoms with Gasteiger partial charge in [-0.05, 0) is 48.0 Å². The molecule has 0 spiro atoms. The number of anilines is 1. The molecule has 0 aliphatic carbocycles. The fourth-order valence-electron chi connectivity index (χ4n) is 4.15. The Bertz CT molecular complexity index is 1230. The highest BCUT2D eigenvalue weighted by Gasteiger charge is 2.41. The molecule has 0 aromatic heterocycles. The molecule has 0 bridgehead atoms. The van der Waals surface area contributed by atoms with Crippen LogP contribution >= 0.6 is 24.0 Å². The fourth-order valence-corrected chi connectivity index (χ4v) is 5.69. The van der Waals surface area contributed by atoms with Gasteiger partial charge in [0.2, 0.25) is 17.6 Å². The van der Waals surface area contributed by atoms with E-state index in [-0.39, 0.29) is 24.0 Å². The number of allylic oxidation sites excluding steroid dienone is 1. The highest BCUT2D eigenvalue weighted by atomic mass is 32.2. The van der Waals surface area contributed by atoms with Crippen molar-refractivity contribution in [1.29, 1.82) is 0 Å². The number of benzene rings is 2. The molecule has 200 valence electrons. The van der Waals surface area contributed by atoms with Gasteiger partial charge in [-0.25, -0.2) is 4.90 Å². The molecule has 2 aromatic rings. The number of nitrogens with zero attached hydrogens (tertiary/aromatic N) is 2. The molecule has 2 amide bonds. The second-order valence-electron chi connectivity index (χ2n) is 8.45. The molecular weight excluding hydrogens is 528 g/mol. The van der Waals surface area contributed by atoms with E-state index in [1.807, 2.05) is 4.90 Å². The lowest BCUT2D eigenvalue weighted by Gasteiger charge is -2.29. The maximum Gasteiger partial charge on any atom is 0.247 e. The van der Waals surface area contributed by atoms with Gasteiger partial charge in [0.15, 0.2) is 17.3 Å². The van der Waals surface area contributed by atoms with Gasteiger partial charge in [0.25, 0.3) is 0 Å². The fraction of sp³-hybridized carbons (Fsp3) is 0.333. The number of thioether (sulfide) groups is 1. The Hall–Kier alpha value is -3.41. The van der Waals surface area contributed by atoms with Crippen LogP contribution in [0.5, 0.6) is 17.2 Å². The lowest BCUT2D eigenvalue weighted by molar-refractivity contribution is -0.121. The van der Waals surface area contributed by atoms with E-state index in [1.54, 1.807) is 42.5 Å². The first-order chi connectivity index (χ1) is 18.4. The van der Waals surface area contributed by atoms with E-state index in [2.05, 4.69) is 0 Å². The van der Waals surface area contributed by atoms with Crippen LogP contribution in [0.1, 0.15) is 22.3 Å². The first-order valence-corrected chi connectivity index (χ1v) is 13.2. The van der Waals surface area contributed by atoms with Gasteiger partial charge in [0, 0.05) is 25.1 Å². The third-order valence-electron chi connectivity index (χ3n) is 6.14. The van der Waals surface area contributed by atoms with Crippen LogP contribution in [-0.2, 0) is 14.3 Å². The Morgan fingerprint density at radius 1 is 1.03 bits per heavy atom. The van der Waals surface area contributed by atoms with Crippen LogP contribution in [0.2, 0.25) is 0 Å². The third-order valence-corrected chi connectivity index (χ3v) is 7.80. The maximum atomic E-state index is 13.0. The van der Waals surface area contributed by atoms with Crippen LogP contribution in [0, 0.1) is 0 Å². The number of methoxy groups -OCH3 is 3. The van der Waals surface area contributed by atoms with Crippen LogP contribution in [-0.4, -0.2) is 79.7 Å². The Labute approximate surface area is 230 Å². The van der Waals surface area contributed by atoms with E-state index in [1.165, 1.54) is 44.1 Å². The van der Waals surface area contributed by atoms with Gasteiger partial charge in [-0.1, -0.05) is 30.1 Å². The summed E-state index contributed by atoms with van der Waals surface area (Å²) in [5.74, 6) is 0.573. The highest BCUT2D eigenvalue weighted by molar-refractivity contribution is 8.23. The lowest BCUT2D eigenvalue weighted by atomic mass is 10.1. The molecule has 38 heavy (non-hydrogen) atoms. The van der Waals surface area contributed by atoms with Crippen molar-refractivity contribution >= 4 is 57.7 Å². The minimum Gasteiger partial charge on any atom is -0.493 e. The Kier molecular flexibility index (Phi) is 9.03. The average Bonchev–Trinajstić information content (AvgIpc) is 3.23. The van der Waals surface area contributed by atoms with Crippen LogP contribution in [0.3, 0.4) is 0 Å². The van der Waals surface area contributed by atoms with Crippen molar-refractivity contribution in [3.63, 3.8) is 0 Å². The summed E-state index contributed by atoms with van der Waals surface area (Å²) >= 11 is 6.74. The number of carbonyl (C=O) groups excluding carboxylic acids is 3. The molecule has 0 unspecified atom stereocenters. The molecule has 2 aliphatic rings. The van der Waals surface area contributed by atoms with E-state index in [0.717, 1.165) is 0 Å². The summed E-state index contributed by atoms with van der Waals surface area (Å²) in [5.41, 5.74) is 1.53. The van der Waals surface area contributed by atoms with Crippen LogP contribution < -0.4 is 19.1 Å². The molecular formula is C27H28N2O7S2. The zero-order chi connectivity index (χ0) is 27.2.